The Hall–Kier alpha value is -1.83. The van der Waals surface area contributed by atoms with Crippen molar-refractivity contribution in [2.24, 2.45) is 0 Å². The normalized spacial score (nSPS) is 28.1. The first kappa shape index (κ1) is 22.4. The summed E-state index contributed by atoms with van der Waals surface area (Å²) < 4.78 is 7.55. The number of nitriles is 1. The van der Waals surface area contributed by atoms with Gasteiger partial charge >= 0.3 is 0 Å². The van der Waals surface area contributed by atoms with E-state index in [2.05, 4.69) is 6.07 Å². The Kier molecular flexibility index (Phi) is 6.47. The number of aliphatic hydroxyl groups is 4. The number of fused-ring (bicyclic) bond motifs is 1. The maximum absolute atomic E-state index is 10.7. The summed E-state index contributed by atoms with van der Waals surface area (Å²) in [6.45, 7) is -0.537. The zero-order chi connectivity index (χ0) is 22.3. The highest BCUT2D eigenvalue weighted by atomic mass is 35.5. The average molecular weight is 463 g/mol. The Balaban J connectivity index is 1.96. The van der Waals surface area contributed by atoms with E-state index in [1.807, 2.05) is 12.1 Å². The molecule has 2 aliphatic rings. The van der Waals surface area contributed by atoms with Gasteiger partial charge in [0.1, 0.15) is 35.1 Å². The minimum Gasteiger partial charge on any atom is -0.394 e. The van der Waals surface area contributed by atoms with Crippen LogP contribution in [0.15, 0.2) is 24.3 Å². The molecule has 1 saturated heterocycles. The van der Waals surface area contributed by atoms with Crippen LogP contribution in [0.25, 0.3) is 11.1 Å². The lowest BCUT2D eigenvalue weighted by molar-refractivity contribution is -0.252. The van der Waals surface area contributed by atoms with E-state index in [0.717, 1.165) is 41.6 Å². The molecule has 1 aliphatic carbocycles. The Morgan fingerprint density at radius 3 is 2.42 bits per heavy atom. The van der Waals surface area contributed by atoms with E-state index in [1.54, 1.807) is 16.7 Å². The molecule has 1 aromatic carbocycles. The third-order valence-electron chi connectivity index (χ3n) is 6.08. The number of benzene rings is 1. The van der Waals surface area contributed by atoms with E-state index in [0.29, 0.717) is 11.4 Å². The van der Waals surface area contributed by atoms with Gasteiger partial charge in [-0.1, -0.05) is 36.0 Å². The maximum Gasteiger partial charge on any atom is 0.164 e. The highest BCUT2D eigenvalue weighted by Crippen LogP contribution is 2.39. The second-order valence-corrected chi connectivity index (χ2v) is 8.72. The van der Waals surface area contributed by atoms with Crippen LogP contribution in [0.1, 0.15) is 35.9 Å². The number of pyridine rings is 1. The predicted octanol–water partition coefficient (Wildman–Crippen LogP) is 2.26. The summed E-state index contributed by atoms with van der Waals surface area (Å²) in [5.74, 6) is 0. The van der Waals surface area contributed by atoms with Gasteiger partial charge in [0.25, 0.3) is 0 Å². The highest BCUT2D eigenvalue weighted by molar-refractivity contribution is 7.71. The number of aromatic nitrogens is 1. The van der Waals surface area contributed by atoms with Crippen molar-refractivity contribution in [3.8, 4) is 17.2 Å². The molecule has 1 aliphatic heterocycles. The van der Waals surface area contributed by atoms with Gasteiger partial charge in [-0.15, -0.1) is 0 Å². The lowest BCUT2D eigenvalue weighted by Gasteiger charge is -2.42. The van der Waals surface area contributed by atoms with E-state index < -0.39 is 37.3 Å². The first-order valence-electron chi connectivity index (χ1n) is 10.2. The zero-order valence-electron chi connectivity index (χ0n) is 16.6. The van der Waals surface area contributed by atoms with E-state index >= 15 is 0 Å². The molecule has 7 nitrogen and oxygen atoms in total. The van der Waals surface area contributed by atoms with Crippen LogP contribution in [0.4, 0.5) is 0 Å². The summed E-state index contributed by atoms with van der Waals surface area (Å²) in [6.07, 6.45) is -3.48. The van der Waals surface area contributed by atoms with Gasteiger partial charge < -0.3 is 29.7 Å². The summed E-state index contributed by atoms with van der Waals surface area (Å²) in [6, 6.07) is 9.42. The summed E-state index contributed by atoms with van der Waals surface area (Å²) in [5, 5.41) is 51.3. The lowest BCUT2D eigenvalue weighted by Crippen LogP contribution is -2.57. The minimum atomic E-state index is -1.53. The molecule has 1 aromatic heterocycles. The second kappa shape index (κ2) is 8.96. The number of hydrogen-bond donors (Lipinski definition) is 4. The zero-order valence-corrected chi connectivity index (χ0v) is 18.2. The monoisotopic (exact) mass is 462 g/mol. The van der Waals surface area contributed by atoms with Crippen LogP contribution in [0.5, 0.6) is 0 Å². The molecule has 164 valence electrons. The third kappa shape index (κ3) is 3.81. The quantitative estimate of drug-likeness (QED) is 0.516. The molecule has 0 bridgehead atoms. The minimum absolute atomic E-state index is 0.178. The molecule has 31 heavy (non-hydrogen) atoms. The fraction of sp³-hybridized carbons (Fsp3) is 0.455. The molecular formula is C22H23ClN2O5S. The molecule has 0 radical (unpaired) electrons. The number of ether oxygens (including phenoxy) is 1. The van der Waals surface area contributed by atoms with E-state index in [4.69, 9.17) is 28.6 Å². The van der Waals surface area contributed by atoms with Crippen molar-refractivity contribution < 1.29 is 25.2 Å². The Morgan fingerprint density at radius 2 is 1.77 bits per heavy atom. The van der Waals surface area contributed by atoms with Crippen molar-refractivity contribution in [2.75, 3.05) is 6.61 Å². The third-order valence-corrected chi connectivity index (χ3v) is 6.73. The van der Waals surface area contributed by atoms with E-state index in [-0.39, 0.29) is 10.2 Å². The van der Waals surface area contributed by atoms with Crippen LogP contribution in [-0.2, 0) is 17.6 Å². The number of rotatable bonds is 3. The van der Waals surface area contributed by atoms with Crippen molar-refractivity contribution in [2.45, 2.75) is 56.3 Å². The van der Waals surface area contributed by atoms with Crippen LogP contribution in [0, 0.1) is 16.0 Å². The molecule has 1 fully saturated rings. The molecule has 0 unspecified atom stereocenters. The van der Waals surface area contributed by atoms with Gasteiger partial charge in [0, 0.05) is 16.3 Å². The molecule has 0 saturated carbocycles. The summed E-state index contributed by atoms with van der Waals surface area (Å²) in [4.78, 5) is 0. The molecule has 0 amide bonds. The summed E-state index contributed by atoms with van der Waals surface area (Å²) >= 11 is 11.7. The van der Waals surface area contributed by atoms with Crippen molar-refractivity contribution in [3.05, 3.63) is 50.7 Å². The van der Waals surface area contributed by atoms with Crippen LogP contribution < -0.4 is 0 Å². The topological polar surface area (TPSA) is 119 Å². The average Bonchev–Trinajstić information content (AvgIpc) is 2.78. The first-order valence-corrected chi connectivity index (χ1v) is 10.9. The Bertz CT molecular complexity index is 1080. The van der Waals surface area contributed by atoms with Crippen molar-refractivity contribution in [3.63, 3.8) is 0 Å². The van der Waals surface area contributed by atoms with Crippen LogP contribution in [0.3, 0.4) is 0 Å². The van der Waals surface area contributed by atoms with Gasteiger partial charge in [0.05, 0.1) is 12.2 Å². The molecule has 2 heterocycles. The highest BCUT2D eigenvalue weighted by Gasteiger charge is 2.45. The second-order valence-electron chi connectivity index (χ2n) is 7.90. The number of halogens is 1. The largest absolute Gasteiger partial charge is 0.394 e. The molecule has 5 atom stereocenters. The van der Waals surface area contributed by atoms with Gasteiger partial charge in [0.15, 0.2) is 6.23 Å². The molecule has 4 rings (SSSR count). The van der Waals surface area contributed by atoms with E-state index in [1.165, 1.54) is 0 Å². The van der Waals surface area contributed by atoms with Gasteiger partial charge in [-0.05, 0) is 48.9 Å². The molecule has 4 N–H and O–H groups in total. The van der Waals surface area contributed by atoms with Gasteiger partial charge in [-0.25, -0.2) is 0 Å². The Labute approximate surface area is 189 Å². The van der Waals surface area contributed by atoms with E-state index in [9.17, 15) is 25.7 Å². The smallest absolute Gasteiger partial charge is 0.164 e. The summed E-state index contributed by atoms with van der Waals surface area (Å²) in [7, 11) is 0. The lowest BCUT2D eigenvalue weighted by atomic mass is 9.86. The number of hydrogen-bond acceptors (Lipinski definition) is 7. The van der Waals surface area contributed by atoms with Crippen molar-refractivity contribution in [1.82, 2.24) is 4.57 Å². The summed E-state index contributed by atoms with van der Waals surface area (Å²) in [5.41, 5.74) is 3.61. The van der Waals surface area contributed by atoms with Crippen LogP contribution in [-0.4, -0.2) is 56.0 Å². The molecule has 2 aromatic rings. The number of nitrogens with zero attached hydrogens (tertiary/aromatic N) is 2. The standard InChI is InChI=1S/C22H23ClN2O5S/c23-12-7-5-11(6-8-12)17-13-3-1-2-4-15(13)25(22(31)14(17)9-24)21-20(29)19(28)18(27)16(10-26)30-21/h5-8,16,18-21,26-29H,1-4,10H2/t16-,18+,19+,20+,21-/m0/s1. The van der Waals surface area contributed by atoms with Gasteiger partial charge in [0.2, 0.25) is 0 Å². The van der Waals surface area contributed by atoms with Gasteiger partial charge in [-0.3, -0.25) is 0 Å². The fourth-order valence-electron chi connectivity index (χ4n) is 4.53. The SMILES string of the molecule is N#Cc1c(-c2ccc(Cl)cc2)c2c(n([C@H]3O[C@@H](CO)[C@@H](O)[C@@H](O)[C@H]3O)c1=S)CCCC2. The van der Waals surface area contributed by atoms with Crippen LogP contribution >= 0.6 is 23.8 Å². The first-order chi connectivity index (χ1) is 14.9. The molecular weight excluding hydrogens is 440 g/mol. The van der Waals surface area contributed by atoms with Crippen molar-refractivity contribution in [1.29, 1.82) is 5.26 Å². The Morgan fingerprint density at radius 1 is 1.10 bits per heavy atom. The molecule has 9 heteroatoms. The van der Waals surface area contributed by atoms with Crippen LogP contribution in [0.2, 0.25) is 5.02 Å². The molecule has 0 spiro atoms. The van der Waals surface area contributed by atoms with Gasteiger partial charge in [-0.2, -0.15) is 5.26 Å². The number of aliphatic hydroxyl groups excluding tert-OH is 4. The predicted molar refractivity (Wildman–Crippen MR) is 116 cm³/mol. The van der Waals surface area contributed by atoms with Crippen molar-refractivity contribution >= 4 is 23.8 Å². The maximum atomic E-state index is 10.7. The fourth-order valence-corrected chi connectivity index (χ4v) is 5.02.